The molecule has 0 aliphatic carbocycles. The van der Waals surface area contributed by atoms with Crippen molar-refractivity contribution >= 4 is 11.9 Å². The van der Waals surface area contributed by atoms with E-state index in [2.05, 4.69) is 39.2 Å². The summed E-state index contributed by atoms with van der Waals surface area (Å²) in [6.45, 7) is 14.2. The van der Waals surface area contributed by atoms with Crippen LogP contribution in [0.1, 0.15) is 44.4 Å². The first kappa shape index (κ1) is 104. The molecule has 0 amide bonds. The van der Waals surface area contributed by atoms with Gasteiger partial charge in [-0.2, -0.15) is 0 Å². The van der Waals surface area contributed by atoms with Gasteiger partial charge in [-0.15, -0.1) is 0 Å². The van der Waals surface area contributed by atoms with Crippen LogP contribution in [0, 0.1) is 0 Å². The zero-order chi connectivity index (χ0) is 31.4. The van der Waals surface area contributed by atoms with Gasteiger partial charge in [0.15, 0.2) is 12.6 Å². The van der Waals surface area contributed by atoms with Crippen LogP contribution in [0.3, 0.4) is 0 Å². The van der Waals surface area contributed by atoms with E-state index in [-0.39, 0.29) is 309 Å². The quantitative estimate of drug-likeness (QED) is 0.136. The molecule has 10 rings (SSSR count). The van der Waals surface area contributed by atoms with E-state index in [0.717, 1.165) is 0 Å². The van der Waals surface area contributed by atoms with Gasteiger partial charge in [0, 0.05) is 190 Å². The predicted molar refractivity (Wildman–Crippen MR) is 185 cm³/mol. The minimum Gasteiger partial charge on any atom is -0.693 e. The average molecular weight is 1920 g/mol. The number of nitrogens with zero attached hydrogens (tertiary/aromatic N) is 8. The van der Waals surface area contributed by atoms with Crippen molar-refractivity contribution in [1.29, 1.82) is 0 Å². The van der Waals surface area contributed by atoms with Gasteiger partial charge < -0.3 is 71.0 Å². The Balaban J connectivity index is -0.0000000377. The monoisotopic (exact) mass is 1910 g/mol. The molecule has 8 bridgehead atoms. The second-order valence-corrected chi connectivity index (χ2v) is 11.7. The van der Waals surface area contributed by atoms with Crippen molar-refractivity contribution in [2.45, 2.75) is 12.6 Å². The van der Waals surface area contributed by atoms with Crippen LogP contribution >= 0.6 is 0 Å². The molecule has 8 aliphatic rings. The molecule has 0 aromatic heterocycles. The minimum absolute atomic E-state index is 0. The molecule has 34 heteroatoms. The molecule has 8 heterocycles. The van der Waals surface area contributed by atoms with Gasteiger partial charge in [0.2, 0.25) is 0 Å². The summed E-state index contributed by atoms with van der Waals surface area (Å²) >= 11 is 0. The first-order chi connectivity index (χ1) is 21.0. The Labute approximate surface area is 533 Å². The zero-order valence-electron chi connectivity index (χ0n) is 31.4. The first-order valence-corrected chi connectivity index (χ1v) is 14.2. The molecule has 0 spiro atoms. The number of carbonyl (C=O) groups is 2. The van der Waals surface area contributed by atoms with Crippen LogP contribution in [0.5, 0.6) is 0 Å². The number of aliphatic hydroxyl groups is 4. The summed E-state index contributed by atoms with van der Waals surface area (Å²) in [5, 5.41) is 51.8. The molecule has 2 aromatic carbocycles. The average Bonchev–Trinajstić information content (AvgIpc) is 2.97. The maximum Gasteiger partial charge on any atom is 1.00 e. The van der Waals surface area contributed by atoms with Crippen molar-refractivity contribution in [3.8, 4) is 0 Å². The largest absolute Gasteiger partial charge is 1.00 e. The molecular weight excluding hydrogens is 1870 g/mol. The van der Waals surface area contributed by atoms with Crippen molar-refractivity contribution in [3.05, 3.63) is 89.2 Å². The van der Waals surface area contributed by atoms with E-state index in [1.54, 1.807) is 0 Å². The van der Waals surface area contributed by atoms with E-state index < -0.39 is 24.5 Å². The van der Waals surface area contributed by atoms with Crippen LogP contribution in [0.2, 0.25) is 0 Å². The van der Waals surface area contributed by atoms with Gasteiger partial charge in [0.1, 0.15) is 0 Å². The van der Waals surface area contributed by atoms with Gasteiger partial charge in [-0.05, 0) is 24.3 Å². The Morgan fingerprint density at radius 2 is 0.548 bits per heavy atom. The van der Waals surface area contributed by atoms with Gasteiger partial charge in [-0.25, -0.2) is 9.59 Å². The molecule has 8 radical (unpaired) electrons. The molecule has 8 fully saturated rings. The van der Waals surface area contributed by atoms with Crippen molar-refractivity contribution < 1.29 is 308 Å². The minimum atomic E-state index is -1.62. The summed E-state index contributed by atoms with van der Waals surface area (Å²) < 4.78 is 0. The third-order valence-electron chi connectivity index (χ3n) is 7.66. The van der Waals surface area contributed by atoms with Crippen molar-refractivity contribution in [2.75, 3.05) is 80.0 Å². The summed E-state index contributed by atoms with van der Waals surface area (Å²) in [6.07, 6.45) is -3.24. The van der Waals surface area contributed by atoms with Gasteiger partial charge in [-0.1, -0.05) is 24.3 Å². The van der Waals surface area contributed by atoms with E-state index in [0.29, 0.717) is 0 Å². The van der Waals surface area contributed by atoms with E-state index in [4.69, 9.17) is 30.6 Å². The van der Waals surface area contributed by atoms with E-state index in [1.807, 2.05) is 0 Å². The van der Waals surface area contributed by atoms with Crippen LogP contribution in [0.25, 0.3) is 18.5 Å². The summed E-state index contributed by atoms with van der Waals surface area (Å²) in [7, 11) is 0. The van der Waals surface area contributed by atoms with E-state index >= 15 is 0 Å². The second-order valence-electron chi connectivity index (χ2n) is 11.7. The number of nitrogens with two attached hydrogens (primary N) is 3. The smallest absolute Gasteiger partial charge is 0.693 e. The molecular formula is C28H54Ag11N11O12. The number of rotatable bonds is 4. The zero-order valence-corrected chi connectivity index (χ0v) is 47.7. The number of carboxylic acid groups (broad SMARTS) is 2. The maximum atomic E-state index is 10.4. The Morgan fingerprint density at radius 3 is 0.677 bits per heavy atom. The molecule has 414 valence electrons. The predicted octanol–water partition coefficient (Wildman–Crippen LogP) is -2.48. The maximum absolute atomic E-state index is 10.4. The molecule has 23 nitrogen and oxygen atoms in total. The normalized spacial score (nSPS) is 22.5. The fraction of sp³-hybridized carbons (Fsp3) is 0.500. The van der Waals surface area contributed by atoms with Crippen molar-refractivity contribution in [1.82, 2.24) is 39.2 Å². The van der Waals surface area contributed by atoms with Crippen molar-refractivity contribution in [3.63, 3.8) is 0 Å². The molecule has 8 saturated heterocycles. The molecule has 8 aliphatic heterocycles. The molecule has 0 atom stereocenters. The van der Waals surface area contributed by atoms with Gasteiger partial charge in [0.05, 0.1) is 91.2 Å². The Morgan fingerprint density at radius 1 is 0.387 bits per heavy atom. The van der Waals surface area contributed by atoms with E-state index in [9.17, 15) is 9.59 Å². The number of benzene rings is 2. The third kappa shape index (κ3) is 33.4. The topological polar surface area (TPSA) is 408 Å². The molecule has 2 aromatic rings. The molecule has 20 N–H and O–H groups in total. The Kier molecular flexibility index (Phi) is 87.1. The SMILES string of the molecule is C1N2CN3CN1CN(C2)C3.C1N2CN3CN1CN(C2)C3.O.O.O.O.O=C(O)c1cccc(C(O)O)c1.O=C(O)c1cccc(C(O)O)c1.[Ag+].[Ag+].[Ag+].[Ag].[Ag].[Ag].[Ag].[Ag].[Ag].[Ag].[Ag].[NH2-].[NH2-].[NH2-]. The van der Waals surface area contributed by atoms with Crippen LogP contribution in [-0.2, 0) is 246 Å². The van der Waals surface area contributed by atoms with Gasteiger partial charge in [-0.3, -0.25) is 39.2 Å². The fourth-order valence-electron chi connectivity index (χ4n) is 6.13. The number of aliphatic hydroxyl groups excluding tert-OH is 2. The number of aromatic carboxylic acids is 2. The van der Waals surface area contributed by atoms with Crippen LogP contribution < -0.4 is 0 Å². The summed E-state index contributed by atoms with van der Waals surface area (Å²) in [5.74, 6) is -2.17. The number of hydrogen-bond acceptors (Lipinski definition) is 14. The van der Waals surface area contributed by atoms with Gasteiger partial charge in [0.25, 0.3) is 0 Å². The standard InChI is InChI=1S/2C8H8O4.2C6H12N4.11Ag.3H2N.4H2O/c2*9-7(10)5-2-1-3-6(4-5)8(11)12;2*1-7-2-9-4-8(1)5-10(3-7)6-9;;;;;;;;;;;;;;;;;;/h2*1-4,7,9-10H,(H,11,12);2*1-6H2;;;;;;;;;;;;7*1H2/q;;;;;;;;;;;;3*+1;3*-1;;;;. The van der Waals surface area contributed by atoms with Crippen LogP contribution in [0.4, 0.5) is 0 Å². The Hall–Kier alpha value is 4.76. The summed E-state index contributed by atoms with van der Waals surface area (Å²) in [6, 6.07) is 11.0. The third-order valence-corrected chi connectivity index (χ3v) is 7.66. The van der Waals surface area contributed by atoms with Crippen LogP contribution in [-0.4, -0.2) is 184 Å². The van der Waals surface area contributed by atoms with Gasteiger partial charge >= 0.3 is 79.1 Å². The van der Waals surface area contributed by atoms with E-state index in [1.165, 1.54) is 129 Å². The Bertz CT molecular complexity index is 1150. The summed E-state index contributed by atoms with van der Waals surface area (Å²) in [4.78, 5) is 40.6. The second kappa shape index (κ2) is 52.1. The number of carboxylic acids is 2. The fourth-order valence-corrected chi connectivity index (χ4v) is 6.13. The molecule has 0 unspecified atom stereocenters. The van der Waals surface area contributed by atoms with Crippen molar-refractivity contribution in [2.24, 2.45) is 0 Å². The number of hydrogen-bond donors (Lipinski definition) is 6. The first-order valence-electron chi connectivity index (χ1n) is 14.2. The molecule has 62 heavy (non-hydrogen) atoms. The van der Waals surface area contributed by atoms with Crippen LogP contribution in [0.15, 0.2) is 48.5 Å². The summed E-state index contributed by atoms with van der Waals surface area (Å²) in [5.41, 5.74) is 0.436. The molecule has 0 saturated carbocycles.